The van der Waals surface area contributed by atoms with Crippen LogP contribution in [0, 0.1) is 0 Å². The Morgan fingerprint density at radius 2 is 1.51 bits per heavy atom. The first-order valence-corrected chi connectivity index (χ1v) is 11.8. The Morgan fingerprint density at radius 1 is 0.857 bits per heavy atom. The van der Waals surface area contributed by atoms with Crippen LogP contribution in [0.3, 0.4) is 0 Å². The number of rotatable bonds is 8. The molecule has 35 heavy (non-hydrogen) atoms. The number of piperazine rings is 1. The normalized spacial score (nSPS) is 15.3. The van der Waals surface area contributed by atoms with Crippen LogP contribution >= 0.6 is 0 Å². The molecular weight excluding hydrogens is 444 g/mol. The molecule has 2 aliphatic heterocycles. The maximum absolute atomic E-state index is 12.6. The van der Waals surface area contributed by atoms with E-state index in [1.54, 1.807) is 0 Å². The van der Waals surface area contributed by atoms with Gasteiger partial charge in [0.2, 0.25) is 12.7 Å². The van der Waals surface area contributed by atoms with Gasteiger partial charge in [-0.3, -0.25) is 9.69 Å². The fraction of sp³-hybridized carbons (Fsp3) is 0.296. The van der Waals surface area contributed by atoms with Crippen molar-refractivity contribution in [2.24, 2.45) is 0 Å². The Balaban J connectivity index is 1.02. The Labute approximate surface area is 205 Å². The lowest BCUT2D eigenvalue weighted by Gasteiger charge is -2.34. The number of anilines is 1. The van der Waals surface area contributed by atoms with Crippen molar-refractivity contribution in [3.8, 4) is 23.0 Å². The van der Waals surface area contributed by atoms with E-state index < -0.39 is 0 Å². The molecule has 182 valence electrons. The summed E-state index contributed by atoms with van der Waals surface area (Å²) in [6, 6.07) is 21.2. The van der Waals surface area contributed by atoms with Crippen LogP contribution in [0.1, 0.15) is 11.1 Å². The molecule has 2 heterocycles. The summed E-state index contributed by atoms with van der Waals surface area (Å²) in [5.41, 5.74) is 8.70. The molecule has 5 rings (SSSR count). The van der Waals surface area contributed by atoms with Crippen LogP contribution in [-0.2, 0) is 17.9 Å². The number of ether oxygens (including phenoxy) is 3. The van der Waals surface area contributed by atoms with Gasteiger partial charge < -0.3 is 30.2 Å². The molecule has 8 heteroatoms. The Hall–Kier alpha value is -3.75. The van der Waals surface area contributed by atoms with Gasteiger partial charge >= 0.3 is 0 Å². The first-order chi connectivity index (χ1) is 17.1. The molecule has 0 aliphatic carbocycles. The molecule has 3 N–H and O–H groups in total. The van der Waals surface area contributed by atoms with Gasteiger partial charge in [-0.2, -0.15) is 0 Å². The first-order valence-electron chi connectivity index (χ1n) is 11.8. The van der Waals surface area contributed by atoms with Gasteiger partial charge in [-0.1, -0.05) is 18.2 Å². The number of hydrogen-bond donors (Lipinski definition) is 2. The summed E-state index contributed by atoms with van der Waals surface area (Å²) in [5, 5.41) is 3.26. The lowest BCUT2D eigenvalue weighted by atomic mass is 10.1. The number of benzene rings is 3. The average Bonchev–Trinajstić information content (AvgIpc) is 3.35. The number of amides is 1. The van der Waals surface area contributed by atoms with Crippen LogP contribution in [0.25, 0.3) is 0 Å². The third kappa shape index (κ3) is 6.03. The smallest absolute Gasteiger partial charge is 0.236 e. The van der Waals surface area contributed by atoms with Gasteiger partial charge in [-0.25, -0.2) is 0 Å². The molecule has 2 aliphatic rings. The molecule has 0 unspecified atom stereocenters. The highest BCUT2D eigenvalue weighted by Gasteiger charge is 2.21. The average molecular weight is 475 g/mol. The van der Waals surface area contributed by atoms with E-state index >= 15 is 0 Å². The van der Waals surface area contributed by atoms with Gasteiger partial charge in [-0.05, 0) is 59.7 Å². The molecule has 0 bridgehead atoms. The van der Waals surface area contributed by atoms with Crippen molar-refractivity contribution in [1.82, 2.24) is 15.1 Å². The Kier molecular flexibility index (Phi) is 7.02. The minimum absolute atomic E-state index is 0.135. The number of nitrogens with zero attached hydrogens (tertiary/aromatic N) is 2. The van der Waals surface area contributed by atoms with E-state index in [1.165, 1.54) is 5.56 Å². The molecule has 0 spiro atoms. The van der Waals surface area contributed by atoms with E-state index in [0.717, 1.165) is 61.3 Å². The number of carbonyl (C=O) groups is 1. The largest absolute Gasteiger partial charge is 0.457 e. The molecule has 1 saturated heterocycles. The Bertz CT molecular complexity index is 1140. The SMILES string of the molecule is Nc1ccc(Oc2ccc(CNCC(=O)N3CCN(Cc4ccc5c(c4)OCO5)CC3)cc2)cc1. The summed E-state index contributed by atoms with van der Waals surface area (Å²) in [6.07, 6.45) is 0. The molecule has 1 fully saturated rings. The number of carbonyl (C=O) groups excluding carboxylic acids is 1. The van der Waals surface area contributed by atoms with Gasteiger partial charge in [0.05, 0.1) is 6.54 Å². The summed E-state index contributed by atoms with van der Waals surface area (Å²) in [7, 11) is 0. The third-order valence-corrected chi connectivity index (χ3v) is 6.21. The van der Waals surface area contributed by atoms with Crippen molar-refractivity contribution >= 4 is 11.6 Å². The second kappa shape index (κ2) is 10.7. The second-order valence-corrected chi connectivity index (χ2v) is 8.76. The highest BCUT2D eigenvalue weighted by molar-refractivity contribution is 5.78. The van der Waals surface area contributed by atoms with Crippen LogP contribution in [0.2, 0.25) is 0 Å². The van der Waals surface area contributed by atoms with E-state index in [-0.39, 0.29) is 12.7 Å². The van der Waals surface area contributed by atoms with E-state index in [9.17, 15) is 4.79 Å². The van der Waals surface area contributed by atoms with E-state index in [2.05, 4.69) is 16.3 Å². The molecular formula is C27H30N4O4. The third-order valence-electron chi connectivity index (χ3n) is 6.21. The number of nitrogens with one attached hydrogen (secondary N) is 1. The zero-order chi connectivity index (χ0) is 24.0. The van der Waals surface area contributed by atoms with Gasteiger partial charge in [0.15, 0.2) is 11.5 Å². The Morgan fingerprint density at radius 3 is 2.26 bits per heavy atom. The van der Waals surface area contributed by atoms with Crippen molar-refractivity contribution in [2.45, 2.75) is 13.1 Å². The summed E-state index contributed by atoms with van der Waals surface area (Å²) in [6.45, 7) is 5.27. The lowest BCUT2D eigenvalue weighted by Crippen LogP contribution is -2.50. The number of hydrogen-bond acceptors (Lipinski definition) is 7. The minimum atomic E-state index is 0.135. The van der Waals surface area contributed by atoms with Crippen LogP contribution in [0.15, 0.2) is 66.7 Å². The summed E-state index contributed by atoms with van der Waals surface area (Å²) in [5.74, 6) is 3.25. The molecule has 0 saturated carbocycles. The molecule has 1 amide bonds. The standard InChI is InChI=1S/C27H30N4O4/c28-22-4-8-24(9-5-22)35-23-6-1-20(2-7-23)16-29-17-27(32)31-13-11-30(12-14-31)18-21-3-10-25-26(15-21)34-19-33-25/h1-10,15,29H,11-14,16-19,28H2. The monoisotopic (exact) mass is 474 g/mol. The first kappa shape index (κ1) is 23.0. The van der Waals surface area contributed by atoms with Gasteiger partial charge in [-0.15, -0.1) is 0 Å². The van der Waals surface area contributed by atoms with Crippen LogP contribution in [0.4, 0.5) is 5.69 Å². The highest BCUT2D eigenvalue weighted by atomic mass is 16.7. The zero-order valence-electron chi connectivity index (χ0n) is 19.6. The van der Waals surface area contributed by atoms with Crippen molar-refractivity contribution in [3.63, 3.8) is 0 Å². The lowest BCUT2D eigenvalue weighted by molar-refractivity contribution is -0.132. The summed E-state index contributed by atoms with van der Waals surface area (Å²) in [4.78, 5) is 16.9. The molecule has 3 aromatic rings. The van der Waals surface area contributed by atoms with Crippen LogP contribution in [-0.4, -0.2) is 55.2 Å². The fourth-order valence-electron chi connectivity index (χ4n) is 4.23. The van der Waals surface area contributed by atoms with Crippen molar-refractivity contribution in [2.75, 3.05) is 45.3 Å². The molecule has 8 nitrogen and oxygen atoms in total. The minimum Gasteiger partial charge on any atom is -0.457 e. The molecule has 0 atom stereocenters. The predicted octanol–water partition coefficient (Wildman–Crippen LogP) is 3.22. The zero-order valence-corrected chi connectivity index (χ0v) is 19.6. The van der Waals surface area contributed by atoms with Crippen LogP contribution in [0.5, 0.6) is 23.0 Å². The predicted molar refractivity (Wildman–Crippen MR) is 133 cm³/mol. The number of nitrogens with two attached hydrogens (primary N) is 1. The number of fused-ring (bicyclic) bond motifs is 1. The second-order valence-electron chi connectivity index (χ2n) is 8.76. The topological polar surface area (TPSA) is 89.3 Å². The van der Waals surface area contributed by atoms with E-state index in [1.807, 2.05) is 65.6 Å². The maximum Gasteiger partial charge on any atom is 0.236 e. The van der Waals surface area contributed by atoms with E-state index in [0.29, 0.717) is 18.8 Å². The quantitative estimate of drug-likeness (QED) is 0.485. The fourth-order valence-corrected chi connectivity index (χ4v) is 4.23. The maximum atomic E-state index is 12.6. The molecule has 0 aromatic heterocycles. The van der Waals surface area contributed by atoms with Gasteiger partial charge in [0.1, 0.15) is 11.5 Å². The number of nitrogen functional groups attached to an aromatic ring is 1. The highest BCUT2D eigenvalue weighted by Crippen LogP contribution is 2.32. The molecule has 0 radical (unpaired) electrons. The van der Waals surface area contributed by atoms with Crippen molar-refractivity contribution < 1.29 is 19.0 Å². The van der Waals surface area contributed by atoms with Gasteiger partial charge in [0.25, 0.3) is 0 Å². The van der Waals surface area contributed by atoms with Crippen molar-refractivity contribution in [1.29, 1.82) is 0 Å². The van der Waals surface area contributed by atoms with Gasteiger partial charge in [0, 0.05) is 45.0 Å². The summed E-state index contributed by atoms with van der Waals surface area (Å²) >= 11 is 0. The van der Waals surface area contributed by atoms with Crippen LogP contribution < -0.4 is 25.3 Å². The van der Waals surface area contributed by atoms with E-state index in [4.69, 9.17) is 19.9 Å². The van der Waals surface area contributed by atoms with Crippen molar-refractivity contribution in [3.05, 3.63) is 77.9 Å². The molecule has 3 aromatic carbocycles. The summed E-state index contributed by atoms with van der Waals surface area (Å²) < 4.78 is 16.7.